The number of hydrogen-bond donors (Lipinski definition) is 1. The van der Waals surface area contributed by atoms with Gasteiger partial charge in [-0.15, -0.1) is 0 Å². The molecule has 2 aromatic rings. The monoisotopic (exact) mass is 268 g/mol. The average molecular weight is 268 g/mol. The first-order chi connectivity index (χ1) is 9.58. The maximum atomic E-state index is 12.1. The highest BCUT2D eigenvalue weighted by atomic mass is 16.1. The smallest absolute Gasteiger partial charge is 0.251 e. The van der Waals surface area contributed by atoms with Gasteiger partial charge in [0.25, 0.3) is 5.91 Å². The topological polar surface area (TPSA) is 42.0 Å². The van der Waals surface area contributed by atoms with Crippen LogP contribution in [-0.2, 0) is 0 Å². The fourth-order valence-corrected chi connectivity index (χ4v) is 2.04. The summed E-state index contributed by atoms with van der Waals surface area (Å²) in [7, 11) is 0. The minimum atomic E-state index is -0.0761. The molecule has 0 fully saturated rings. The molecular weight excluding hydrogens is 248 g/mol. The summed E-state index contributed by atoms with van der Waals surface area (Å²) in [6.07, 6.45) is 3.24. The lowest BCUT2D eigenvalue weighted by molar-refractivity contribution is 0.0940. The van der Waals surface area contributed by atoms with E-state index < -0.39 is 0 Å². The van der Waals surface area contributed by atoms with Gasteiger partial charge in [0.15, 0.2) is 0 Å². The Labute approximate surface area is 120 Å². The zero-order valence-electron chi connectivity index (χ0n) is 12.1. The lowest BCUT2D eigenvalue weighted by Gasteiger charge is -2.15. The summed E-state index contributed by atoms with van der Waals surface area (Å²) >= 11 is 0. The van der Waals surface area contributed by atoms with E-state index in [0.717, 1.165) is 5.56 Å². The molecule has 2 rings (SSSR count). The predicted octanol–water partition coefficient (Wildman–Crippen LogP) is 3.70. The van der Waals surface area contributed by atoms with E-state index in [1.54, 1.807) is 24.5 Å². The van der Waals surface area contributed by atoms with Crippen molar-refractivity contribution >= 4 is 5.91 Å². The Kier molecular flexibility index (Phi) is 4.51. The van der Waals surface area contributed by atoms with E-state index in [2.05, 4.69) is 48.4 Å². The molecule has 3 nitrogen and oxygen atoms in total. The molecule has 0 unspecified atom stereocenters. The Bertz CT molecular complexity index is 561. The van der Waals surface area contributed by atoms with E-state index in [1.165, 1.54) is 5.56 Å². The van der Waals surface area contributed by atoms with Crippen molar-refractivity contribution in [1.82, 2.24) is 10.3 Å². The first kappa shape index (κ1) is 14.3. The zero-order valence-corrected chi connectivity index (χ0v) is 12.1. The summed E-state index contributed by atoms with van der Waals surface area (Å²) in [5, 5.41) is 2.99. The molecular formula is C17H20N2O. The third-order valence-corrected chi connectivity index (χ3v) is 3.39. The first-order valence-electron chi connectivity index (χ1n) is 6.88. The quantitative estimate of drug-likeness (QED) is 0.918. The van der Waals surface area contributed by atoms with Gasteiger partial charge in [0.1, 0.15) is 0 Å². The van der Waals surface area contributed by atoms with Crippen LogP contribution in [0.25, 0.3) is 0 Å². The van der Waals surface area contributed by atoms with Gasteiger partial charge < -0.3 is 5.32 Å². The molecule has 0 aliphatic rings. The van der Waals surface area contributed by atoms with Crippen LogP contribution < -0.4 is 5.32 Å². The largest absolute Gasteiger partial charge is 0.346 e. The van der Waals surface area contributed by atoms with Gasteiger partial charge in [-0.1, -0.05) is 38.1 Å². The van der Waals surface area contributed by atoms with Gasteiger partial charge in [0.2, 0.25) is 0 Å². The van der Waals surface area contributed by atoms with Crippen LogP contribution in [-0.4, -0.2) is 10.9 Å². The van der Waals surface area contributed by atoms with Crippen molar-refractivity contribution in [2.75, 3.05) is 0 Å². The molecule has 0 saturated heterocycles. The summed E-state index contributed by atoms with van der Waals surface area (Å²) in [4.78, 5) is 16.0. The van der Waals surface area contributed by atoms with Crippen LogP contribution in [0, 0.1) is 0 Å². The normalized spacial score (nSPS) is 12.2. The molecule has 3 heteroatoms. The van der Waals surface area contributed by atoms with Crippen molar-refractivity contribution in [1.29, 1.82) is 0 Å². The lowest BCUT2D eigenvalue weighted by Crippen LogP contribution is -2.26. The molecule has 0 radical (unpaired) electrons. The number of nitrogens with one attached hydrogen (secondary N) is 1. The SMILES string of the molecule is CC(C)c1ccc([C@@H](C)NC(=O)c2ccncc2)cc1. The second-order valence-electron chi connectivity index (χ2n) is 5.25. The summed E-state index contributed by atoms with van der Waals surface area (Å²) < 4.78 is 0. The molecule has 0 bridgehead atoms. The maximum Gasteiger partial charge on any atom is 0.251 e. The van der Waals surface area contributed by atoms with Crippen LogP contribution in [0.4, 0.5) is 0 Å². The Morgan fingerprint density at radius 3 is 2.05 bits per heavy atom. The Morgan fingerprint density at radius 1 is 0.950 bits per heavy atom. The summed E-state index contributed by atoms with van der Waals surface area (Å²) in [5.74, 6) is 0.443. The second-order valence-corrected chi connectivity index (χ2v) is 5.25. The molecule has 1 aromatic carbocycles. The number of carbonyl (C=O) groups excluding carboxylic acids is 1. The molecule has 0 spiro atoms. The predicted molar refractivity (Wildman–Crippen MR) is 80.6 cm³/mol. The van der Waals surface area contributed by atoms with Gasteiger partial charge in [0.05, 0.1) is 6.04 Å². The van der Waals surface area contributed by atoms with Crippen LogP contribution in [0.15, 0.2) is 48.8 Å². The van der Waals surface area contributed by atoms with Crippen molar-refractivity contribution in [3.63, 3.8) is 0 Å². The number of amides is 1. The molecule has 1 heterocycles. The molecule has 1 N–H and O–H groups in total. The van der Waals surface area contributed by atoms with Crippen LogP contribution in [0.5, 0.6) is 0 Å². The number of aromatic nitrogens is 1. The van der Waals surface area contributed by atoms with E-state index in [4.69, 9.17) is 0 Å². The Balaban J connectivity index is 2.04. The van der Waals surface area contributed by atoms with Crippen LogP contribution in [0.1, 0.15) is 54.2 Å². The highest BCUT2D eigenvalue weighted by Gasteiger charge is 2.11. The number of hydrogen-bond acceptors (Lipinski definition) is 2. The number of benzene rings is 1. The fourth-order valence-electron chi connectivity index (χ4n) is 2.04. The van der Waals surface area contributed by atoms with Crippen LogP contribution in [0.3, 0.4) is 0 Å². The third kappa shape index (κ3) is 3.44. The minimum absolute atomic E-state index is 0.0168. The standard InChI is InChI=1S/C17H20N2O/c1-12(2)14-4-6-15(7-5-14)13(3)19-17(20)16-8-10-18-11-9-16/h4-13H,1-3H3,(H,19,20)/t13-/m1/s1. The van der Waals surface area contributed by atoms with Gasteiger partial charge in [0, 0.05) is 18.0 Å². The third-order valence-electron chi connectivity index (χ3n) is 3.39. The molecule has 1 amide bonds. The van der Waals surface area contributed by atoms with Gasteiger partial charge in [-0.3, -0.25) is 9.78 Å². The van der Waals surface area contributed by atoms with Crippen molar-refractivity contribution in [2.24, 2.45) is 0 Å². The number of rotatable bonds is 4. The first-order valence-corrected chi connectivity index (χ1v) is 6.88. The Hall–Kier alpha value is -2.16. The molecule has 1 aromatic heterocycles. The minimum Gasteiger partial charge on any atom is -0.346 e. The summed E-state index contributed by atoms with van der Waals surface area (Å²) in [6.45, 7) is 6.33. The van der Waals surface area contributed by atoms with E-state index in [1.807, 2.05) is 6.92 Å². The molecule has 104 valence electrons. The van der Waals surface area contributed by atoms with E-state index >= 15 is 0 Å². The average Bonchev–Trinajstić information content (AvgIpc) is 2.48. The number of nitrogens with zero attached hydrogens (tertiary/aromatic N) is 1. The molecule has 20 heavy (non-hydrogen) atoms. The number of pyridine rings is 1. The Morgan fingerprint density at radius 2 is 1.50 bits per heavy atom. The second kappa shape index (κ2) is 6.33. The van der Waals surface area contributed by atoms with Gasteiger partial charge in [-0.05, 0) is 36.1 Å². The molecule has 0 aliphatic carbocycles. The number of carbonyl (C=O) groups is 1. The fraction of sp³-hybridized carbons (Fsp3) is 0.294. The van der Waals surface area contributed by atoms with Crippen molar-refractivity contribution in [3.8, 4) is 0 Å². The van der Waals surface area contributed by atoms with Crippen LogP contribution >= 0.6 is 0 Å². The van der Waals surface area contributed by atoms with Crippen molar-refractivity contribution < 1.29 is 4.79 Å². The zero-order chi connectivity index (χ0) is 14.5. The van der Waals surface area contributed by atoms with Gasteiger partial charge >= 0.3 is 0 Å². The highest BCUT2D eigenvalue weighted by molar-refractivity contribution is 5.94. The molecule has 0 saturated carbocycles. The van der Waals surface area contributed by atoms with Crippen LogP contribution in [0.2, 0.25) is 0 Å². The maximum absolute atomic E-state index is 12.1. The highest BCUT2D eigenvalue weighted by Crippen LogP contribution is 2.18. The van der Waals surface area contributed by atoms with Crippen molar-refractivity contribution in [2.45, 2.75) is 32.7 Å². The van der Waals surface area contributed by atoms with E-state index in [0.29, 0.717) is 11.5 Å². The summed E-state index contributed by atoms with van der Waals surface area (Å²) in [5.41, 5.74) is 3.05. The molecule has 1 atom stereocenters. The van der Waals surface area contributed by atoms with Crippen molar-refractivity contribution in [3.05, 3.63) is 65.5 Å². The van der Waals surface area contributed by atoms with Gasteiger partial charge in [-0.2, -0.15) is 0 Å². The van der Waals surface area contributed by atoms with E-state index in [-0.39, 0.29) is 11.9 Å². The van der Waals surface area contributed by atoms with Gasteiger partial charge in [-0.25, -0.2) is 0 Å². The lowest BCUT2D eigenvalue weighted by atomic mass is 9.99. The summed E-state index contributed by atoms with van der Waals surface area (Å²) in [6, 6.07) is 11.8. The van der Waals surface area contributed by atoms with E-state index in [9.17, 15) is 4.79 Å². The molecule has 0 aliphatic heterocycles.